The van der Waals surface area contributed by atoms with E-state index < -0.39 is 0 Å². The van der Waals surface area contributed by atoms with Gasteiger partial charge in [-0.1, -0.05) is 20.8 Å². The van der Waals surface area contributed by atoms with Crippen molar-refractivity contribution in [3.63, 3.8) is 0 Å². The first-order chi connectivity index (χ1) is 6.54. The van der Waals surface area contributed by atoms with Gasteiger partial charge in [0.2, 0.25) is 0 Å². The molecule has 1 aromatic heterocycles. The van der Waals surface area contributed by atoms with Crippen molar-refractivity contribution < 1.29 is 0 Å². The number of rotatable bonds is 3. The number of hydrogen-bond donors (Lipinski definition) is 2. The van der Waals surface area contributed by atoms with E-state index in [-0.39, 0.29) is 17.5 Å². The predicted molar refractivity (Wildman–Crippen MR) is 56.0 cm³/mol. The smallest absolute Gasteiger partial charge is 0.251 e. The molecule has 0 aliphatic heterocycles. The van der Waals surface area contributed by atoms with E-state index in [1.807, 2.05) is 20.8 Å². The molecule has 3 N–H and O–H groups in total. The van der Waals surface area contributed by atoms with Crippen molar-refractivity contribution >= 4 is 0 Å². The van der Waals surface area contributed by atoms with Crippen LogP contribution in [-0.2, 0) is 6.42 Å². The Labute approximate surface area is 83.6 Å². The molecule has 0 saturated carbocycles. The van der Waals surface area contributed by atoms with Gasteiger partial charge in [-0.15, -0.1) is 0 Å². The summed E-state index contributed by atoms with van der Waals surface area (Å²) in [5, 5.41) is 0. The van der Waals surface area contributed by atoms with Crippen LogP contribution in [0.5, 0.6) is 0 Å². The number of aromatic amines is 1. The Morgan fingerprint density at radius 3 is 2.71 bits per heavy atom. The van der Waals surface area contributed by atoms with Gasteiger partial charge in [-0.3, -0.25) is 4.79 Å². The molecule has 4 heteroatoms. The normalized spacial score (nSPS) is 13.2. The summed E-state index contributed by atoms with van der Waals surface area (Å²) in [6, 6.07) is 1.31. The summed E-state index contributed by atoms with van der Waals surface area (Å²) in [4.78, 5) is 18.2. The molecule has 0 radical (unpaired) electrons. The van der Waals surface area contributed by atoms with Crippen LogP contribution in [-0.4, -0.2) is 9.97 Å². The Hall–Kier alpha value is -1.16. The van der Waals surface area contributed by atoms with E-state index in [4.69, 9.17) is 5.73 Å². The minimum Gasteiger partial charge on any atom is -0.321 e. The van der Waals surface area contributed by atoms with Crippen molar-refractivity contribution in [3.05, 3.63) is 27.9 Å². The quantitative estimate of drug-likeness (QED) is 0.755. The van der Waals surface area contributed by atoms with Crippen LogP contribution in [0, 0.1) is 5.92 Å². The maximum Gasteiger partial charge on any atom is 0.251 e. The molecule has 1 heterocycles. The van der Waals surface area contributed by atoms with Gasteiger partial charge in [-0.2, -0.15) is 0 Å². The molecule has 0 bridgehead atoms. The zero-order valence-corrected chi connectivity index (χ0v) is 8.87. The maximum absolute atomic E-state index is 11.2. The number of aromatic nitrogens is 2. The Morgan fingerprint density at radius 1 is 1.57 bits per heavy atom. The molecule has 14 heavy (non-hydrogen) atoms. The third-order valence-electron chi connectivity index (χ3n) is 2.21. The van der Waals surface area contributed by atoms with E-state index in [0.29, 0.717) is 5.82 Å². The first kappa shape index (κ1) is 10.9. The zero-order valence-electron chi connectivity index (χ0n) is 8.87. The van der Waals surface area contributed by atoms with Gasteiger partial charge in [0.15, 0.2) is 0 Å². The van der Waals surface area contributed by atoms with E-state index in [0.717, 1.165) is 12.1 Å². The highest BCUT2D eigenvalue weighted by Crippen LogP contribution is 2.13. The largest absolute Gasteiger partial charge is 0.321 e. The third-order valence-corrected chi connectivity index (χ3v) is 2.21. The van der Waals surface area contributed by atoms with Gasteiger partial charge in [-0.25, -0.2) is 4.98 Å². The monoisotopic (exact) mass is 195 g/mol. The molecule has 0 aliphatic carbocycles. The SMILES string of the molecule is CCc1cc(=O)[nH]c(C(N)C(C)C)n1. The molecular weight excluding hydrogens is 178 g/mol. The molecule has 1 unspecified atom stereocenters. The molecule has 4 nitrogen and oxygen atoms in total. The number of nitrogens with one attached hydrogen (secondary N) is 1. The fraction of sp³-hybridized carbons (Fsp3) is 0.600. The summed E-state index contributed by atoms with van der Waals surface area (Å²) < 4.78 is 0. The topological polar surface area (TPSA) is 71.8 Å². The van der Waals surface area contributed by atoms with Gasteiger partial charge in [0.25, 0.3) is 5.56 Å². The molecule has 1 rings (SSSR count). The zero-order chi connectivity index (χ0) is 10.7. The number of H-pyrrole nitrogens is 1. The maximum atomic E-state index is 11.2. The van der Waals surface area contributed by atoms with Crippen LogP contribution in [0.25, 0.3) is 0 Å². The summed E-state index contributed by atoms with van der Waals surface area (Å²) in [5.74, 6) is 0.856. The Balaban J connectivity index is 3.09. The van der Waals surface area contributed by atoms with E-state index >= 15 is 0 Å². The lowest BCUT2D eigenvalue weighted by molar-refractivity contribution is 0.487. The summed E-state index contributed by atoms with van der Waals surface area (Å²) in [5.41, 5.74) is 6.57. The summed E-state index contributed by atoms with van der Waals surface area (Å²) >= 11 is 0. The second-order valence-electron chi connectivity index (χ2n) is 3.75. The number of aryl methyl sites for hydroxylation is 1. The number of hydrogen-bond acceptors (Lipinski definition) is 3. The lowest BCUT2D eigenvalue weighted by Crippen LogP contribution is -2.24. The average Bonchev–Trinajstić information content (AvgIpc) is 2.15. The lowest BCUT2D eigenvalue weighted by Gasteiger charge is -2.14. The lowest BCUT2D eigenvalue weighted by atomic mass is 10.0. The van der Waals surface area contributed by atoms with Crippen LogP contribution < -0.4 is 11.3 Å². The molecule has 0 saturated heterocycles. The van der Waals surface area contributed by atoms with Gasteiger partial charge in [0.05, 0.1) is 6.04 Å². The van der Waals surface area contributed by atoms with E-state index in [9.17, 15) is 4.79 Å². The molecule has 0 spiro atoms. The van der Waals surface area contributed by atoms with Gasteiger partial charge in [-0.05, 0) is 12.3 Å². The molecular formula is C10H17N3O. The van der Waals surface area contributed by atoms with Crippen LogP contribution >= 0.6 is 0 Å². The molecule has 0 aliphatic rings. The van der Waals surface area contributed by atoms with Crippen molar-refractivity contribution in [2.45, 2.75) is 33.2 Å². The highest BCUT2D eigenvalue weighted by atomic mass is 16.1. The second kappa shape index (κ2) is 4.37. The fourth-order valence-corrected chi connectivity index (χ4v) is 1.18. The van der Waals surface area contributed by atoms with E-state index in [1.54, 1.807) is 0 Å². The highest BCUT2D eigenvalue weighted by Gasteiger charge is 2.13. The molecule has 1 aromatic rings. The number of nitrogens with zero attached hydrogens (tertiary/aromatic N) is 1. The fourth-order valence-electron chi connectivity index (χ4n) is 1.18. The van der Waals surface area contributed by atoms with Crippen LogP contribution in [0.1, 0.15) is 38.3 Å². The summed E-state index contributed by atoms with van der Waals surface area (Å²) in [6.07, 6.45) is 0.752. The van der Waals surface area contributed by atoms with Crippen molar-refractivity contribution in [1.82, 2.24) is 9.97 Å². The minimum atomic E-state index is -0.200. The molecule has 0 aromatic carbocycles. The molecule has 0 fully saturated rings. The Morgan fingerprint density at radius 2 is 2.21 bits per heavy atom. The van der Waals surface area contributed by atoms with Crippen LogP contribution in [0.15, 0.2) is 10.9 Å². The van der Waals surface area contributed by atoms with Crippen LogP contribution in [0.4, 0.5) is 0 Å². The van der Waals surface area contributed by atoms with Crippen LogP contribution in [0.3, 0.4) is 0 Å². The average molecular weight is 195 g/mol. The Bertz CT molecular complexity index is 357. The van der Waals surface area contributed by atoms with Crippen LogP contribution in [0.2, 0.25) is 0 Å². The van der Waals surface area contributed by atoms with Crippen molar-refractivity contribution in [3.8, 4) is 0 Å². The van der Waals surface area contributed by atoms with Crippen molar-refractivity contribution in [2.24, 2.45) is 11.7 Å². The van der Waals surface area contributed by atoms with E-state index in [2.05, 4.69) is 9.97 Å². The predicted octanol–water partition coefficient (Wildman–Crippen LogP) is 0.988. The molecule has 78 valence electrons. The Kier molecular flexibility index (Phi) is 3.41. The first-order valence-corrected chi connectivity index (χ1v) is 4.90. The van der Waals surface area contributed by atoms with Crippen molar-refractivity contribution in [2.75, 3.05) is 0 Å². The standard InChI is InChI=1S/C10H17N3O/c1-4-7-5-8(14)13-10(12-7)9(11)6(2)3/h5-6,9H,4,11H2,1-3H3,(H,12,13,14). The van der Waals surface area contributed by atoms with Gasteiger partial charge >= 0.3 is 0 Å². The molecule has 1 atom stereocenters. The molecule has 0 amide bonds. The highest BCUT2D eigenvalue weighted by molar-refractivity contribution is 5.05. The number of nitrogens with two attached hydrogens (primary N) is 1. The summed E-state index contributed by atoms with van der Waals surface area (Å²) in [6.45, 7) is 5.97. The van der Waals surface area contributed by atoms with Gasteiger partial charge in [0, 0.05) is 11.8 Å². The van der Waals surface area contributed by atoms with Crippen molar-refractivity contribution in [1.29, 1.82) is 0 Å². The second-order valence-corrected chi connectivity index (χ2v) is 3.75. The van der Waals surface area contributed by atoms with Gasteiger partial charge in [0.1, 0.15) is 5.82 Å². The van der Waals surface area contributed by atoms with Gasteiger partial charge < -0.3 is 10.7 Å². The van der Waals surface area contributed by atoms with E-state index in [1.165, 1.54) is 6.07 Å². The first-order valence-electron chi connectivity index (χ1n) is 4.90. The third kappa shape index (κ3) is 2.42. The minimum absolute atomic E-state index is 0.122. The summed E-state index contributed by atoms with van der Waals surface area (Å²) in [7, 11) is 0.